The highest BCUT2D eigenvalue weighted by Gasteiger charge is 2.46. The van der Waals surface area contributed by atoms with Crippen molar-refractivity contribution in [2.45, 2.75) is 89.1 Å². The van der Waals surface area contributed by atoms with Gasteiger partial charge in [-0.05, 0) is 68.6 Å². The topological polar surface area (TPSA) is 52.0 Å². The maximum Gasteiger partial charge on any atom is 0.00960 e. The van der Waals surface area contributed by atoms with E-state index in [0.717, 1.165) is 23.7 Å². The Balaban J connectivity index is 0.000000124. The summed E-state index contributed by atoms with van der Waals surface area (Å²) in [5, 5.41) is 0. The summed E-state index contributed by atoms with van der Waals surface area (Å²) in [4.78, 5) is 0. The minimum absolute atomic E-state index is 0.519. The molecule has 0 unspecified atom stereocenters. The first-order valence-corrected chi connectivity index (χ1v) is 9.23. The lowest BCUT2D eigenvalue weighted by atomic mass is 9.54. The average molecular weight is 278 g/mol. The number of hydrogen-bond donors (Lipinski definition) is 2. The lowest BCUT2D eigenvalue weighted by Crippen LogP contribution is -2.52. The first-order chi connectivity index (χ1) is 9.72. The van der Waals surface area contributed by atoms with Gasteiger partial charge < -0.3 is 11.5 Å². The van der Waals surface area contributed by atoms with Gasteiger partial charge >= 0.3 is 0 Å². The molecule has 5 aliphatic rings. The smallest absolute Gasteiger partial charge is 0.00960 e. The Bertz CT molecular complexity index is 266. The Kier molecular flexibility index (Phi) is 5.04. The van der Waals surface area contributed by atoms with Gasteiger partial charge in [-0.3, -0.25) is 0 Å². The summed E-state index contributed by atoms with van der Waals surface area (Å²) in [6.07, 6.45) is 16.9. The van der Waals surface area contributed by atoms with Crippen LogP contribution in [0.5, 0.6) is 0 Å². The van der Waals surface area contributed by atoms with Crippen LogP contribution in [-0.2, 0) is 0 Å². The molecule has 20 heavy (non-hydrogen) atoms. The summed E-state index contributed by atoms with van der Waals surface area (Å²) in [6, 6.07) is 1.10. The molecule has 116 valence electrons. The van der Waals surface area contributed by atoms with Crippen LogP contribution in [0.2, 0.25) is 0 Å². The van der Waals surface area contributed by atoms with Crippen molar-refractivity contribution in [3.05, 3.63) is 0 Å². The van der Waals surface area contributed by atoms with Gasteiger partial charge in [0.05, 0.1) is 0 Å². The Hall–Kier alpha value is -0.0800. The van der Waals surface area contributed by atoms with E-state index in [1.54, 1.807) is 6.42 Å². The van der Waals surface area contributed by atoms with Gasteiger partial charge in [0.25, 0.3) is 0 Å². The Morgan fingerprint density at radius 2 is 1.00 bits per heavy atom. The van der Waals surface area contributed by atoms with Gasteiger partial charge in [0.2, 0.25) is 0 Å². The summed E-state index contributed by atoms with van der Waals surface area (Å²) in [5.74, 6) is 4.01. The molecular formula is C18H34N2. The van der Waals surface area contributed by atoms with Crippen molar-refractivity contribution in [3.8, 4) is 0 Å². The fourth-order valence-electron chi connectivity index (χ4n) is 5.45. The SMILES string of the molecule is NC1C2CC3CC(C2)CC1C3.NC1CCCCCCC1. The van der Waals surface area contributed by atoms with E-state index in [4.69, 9.17) is 11.5 Å². The molecule has 0 radical (unpaired) electrons. The van der Waals surface area contributed by atoms with Crippen molar-refractivity contribution in [2.75, 3.05) is 0 Å². The predicted molar refractivity (Wildman–Crippen MR) is 85.3 cm³/mol. The van der Waals surface area contributed by atoms with Crippen molar-refractivity contribution in [1.29, 1.82) is 0 Å². The molecule has 0 heterocycles. The zero-order chi connectivity index (χ0) is 13.9. The quantitative estimate of drug-likeness (QED) is 0.707. The molecule has 5 saturated carbocycles. The lowest BCUT2D eigenvalue weighted by molar-refractivity contribution is 0.000349. The van der Waals surface area contributed by atoms with Gasteiger partial charge in [0.1, 0.15) is 0 Å². The number of rotatable bonds is 0. The maximum absolute atomic E-state index is 6.17. The van der Waals surface area contributed by atoms with E-state index in [1.165, 1.54) is 70.6 Å². The molecule has 0 saturated heterocycles. The zero-order valence-corrected chi connectivity index (χ0v) is 13.1. The van der Waals surface area contributed by atoms with Crippen molar-refractivity contribution < 1.29 is 0 Å². The molecule has 0 atom stereocenters. The fourth-order valence-corrected chi connectivity index (χ4v) is 5.45. The van der Waals surface area contributed by atoms with Gasteiger partial charge in [-0.25, -0.2) is 0 Å². The molecule has 0 aromatic heterocycles. The largest absolute Gasteiger partial charge is 0.328 e. The third kappa shape index (κ3) is 3.57. The van der Waals surface area contributed by atoms with Crippen molar-refractivity contribution in [1.82, 2.24) is 0 Å². The molecule has 4 N–H and O–H groups in total. The van der Waals surface area contributed by atoms with E-state index in [1.807, 2.05) is 0 Å². The second kappa shape index (κ2) is 6.79. The molecule has 5 rings (SSSR count). The van der Waals surface area contributed by atoms with Crippen LogP contribution >= 0.6 is 0 Å². The number of nitrogens with two attached hydrogens (primary N) is 2. The zero-order valence-electron chi connectivity index (χ0n) is 13.1. The van der Waals surface area contributed by atoms with Crippen LogP contribution in [0, 0.1) is 23.7 Å². The van der Waals surface area contributed by atoms with Gasteiger partial charge in [-0.2, -0.15) is 0 Å². The van der Waals surface area contributed by atoms with Gasteiger partial charge in [-0.1, -0.05) is 32.1 Å². The summed E-state index contributed by atoms with van der Waals surface area (Å²) in [7, 11) is 0. The fraction of sp³-hybridized carbons (Fsp3) is 1.00. The van der Waals surface area contributed by atoms with E-state index >= 15 is 0 Å². The van der Waals surface area contributed by atoms with E-state index in [2.05, 4.69) is 0 Å². The van der Waals surface area contributed by atoms with Crippen LogP contribution in [0.3, 0.4) is 0 Å². The third-order valence-corrected chi connectivity index (χ3v) is 6.45. The summed E-state index contributed by atoms with van der Waals surface area (Å²) < 4.78 is 0. The molecule has 2 heteroatoms. The van der Waals surface area contributed by atoms with Gasteiger partial charge in [-0.15, -0.1) is 0 Å². The highest BCUT2D eigenvalue weighted by molar-refractivity contribution is 4.99. The van der Waals surface area contributed by atoms with Crippen molar-refractivity contribution >= 4 is 0 Å². The molecule has 0 spiro atoms. The second-order valence-electron chi connectivity index (χ2n) is 8.11. The molecular weight excluding hydrogens is 244 g/mol. The van der Waals surface area contributed by atoms with Crippen molar-refractivity contribution in [3.63, 3.8) is 0 Å². The molecule has 0 amide bonds. The van der Waals surface area contributed by atoms with Crippen LogP contribution in [0.4, 0.5) is 0 Å². The lowest BCUT2D eigenvalue weighted by Gasteiger charge is -2.53. The molecule has 0 aliphatic heterocycles. The third-order valence-electron chi connectivity index (χ3n) is 6.45. The van der Waals surface area contributed by atoms with Crippen LogP contribution in [0.1, 0.15) is 77.0 Å². The molecule has 2 nitrogen and oxygen atoms in total. The molecule has 0 aromatic carbocycles. The van der Waals surface area contributed by atoms with Crippen LogP contribution in [0.15, 0.2) is 0 Å². The Labute approximate surface area is 125 Å². The van der Waals surface area contributed by atoms with E-state index in [0.29, 0.717) is 12.1 Å². The van der Waals surface area contributed by atoms with Gasteiger partial charge in [0.15, 0.2) is 0 Å². The summed E-state index contributed by atoms with van der Waals surface area (Å²) in [5.41, 5.74) is 12.0. The number of hydrogen-bond acceptors (Lipinski definition) is 2. The van der Waals surface area contributed by atoms with Crippen molar-refractivity contribution in [2.24, 2.45) is 35.1 Å². The summed E-state index contributed by atoms with van der Waals surface area (Å²) in [6.45, 7) is 0. The summed E-state index contributed by atoms with van der Waals surface area (Å²) >= 11 is 0. The molecule has 5 aliphatic carbocycles. The average Bonchev–Trinajstić information content (AvgIpc) is 2.40. The molecule has 0 aromatic rings. The van der Waals surface area contributed by atoms with Gasteiger partial charge in [0, 0.05) is 12.1 Å². The second-order valence-corrected chi connectivity index (χ2v) is 8.11. The monoisotopic (exact) mass is 278 g/mol. The minimum atomic E-state index is 0.519. The Morgan fingerprint density at radius 1 is 0.550 bits per heavy atom. The van der Waals surface area contributed by atoms with Crippen LogP contribution < -0.4 is 11.5 Å². The minimum Gasteiger partial charge on any atom is -0.328 e. The molecule has 5 fully saturated rings. The molecule has 4 bridgehead atoms. The first kappa shape index (κ1) is 14.8. The maximum atomic E-state index is 6.17. The standard InChI is InChI=1S/C10H17N.C8H17N/c11-10-8-2-6-1-7(4-8)5-9(10)3-6;9-8-6-4-2-1-3-5-7-8/h6-10H,1-5,11H2;8H,1-7,9H2. The Morgan fingerprint density at radius 3 is 1.50 bits per heavy atom. The highest BCUT2D eigenvalue weighted by atomic mass is 14.7. The van der Waals surface area contributed by atoms with E-state index in [9.17, 15) is 0 Å². The van der Waals surface area contributed by atoms with Crippen LogP contribution in [0.25, 0.3) is 0 Å². The van der Waals surface area contributed by atoms with Crippen LogP contribution in [-0.4, -0.2) is 12.1 Å². The highest BCUT2D eigenvalue weighted by Crippen LogP contribution is 2.52. The first-order valence-electron chi connectivity index (χ1n) is 9.23. The van der Waals surface area contributed by atoms with E-state index in [-0.39, 0.29) is 0 Å². The van der Waals surface area contributed by atoms with E-state index < -0.39 is 0 Å². The normalized spacial score (nSPS) is 44.4. The predicted octanol–water partition coefficient (Wildman–Crippen LogP) is 3.83.